The molecule has 1 amide bonds. The summed E-state index contributed by atoms with van der Waals surface area (Å²) in [5.41, 5.74) is 3.47. The van der Waals surface area contributed by atoms with E-state index in [1.807, 2.05) is 45.9 Å². The Morgan fingerprint density at radius 2 is 2.04 bits per heavy atom. The van der Waals surface area contributed by atoms with Crippen molar-refractivity contribution < 1.29 is 9.53 Å². The van der Waals surface area contributed by atoms with Gasteiger partial charge in [-0.05, 0) is 38.0 Å². The Morgan fingerprint density at radius 1 is 1.29 bits per heavy atom. The first-order chi connectivity index (χ1) is 13.4. The molecule has 0 atom stereocenters. The summed E-state index contributed by atoms with van der Waals surface area (Å²) in [6.07, 6.45) is 0.635. The second-order valence-electron chi connectivity index (χ2n) is 6.84. The molecule has 0 spiro atoms. The van der Waals surface area contributed by atoms with Gasteiger partial charge in [-0.25, -0.2) is 4.98 Å². The molecule has 0 saturated heterocycles. The van der Waals surface area contributed by atoms with E-state index in [4.69, 9.17) is 4.74 Å². The molecule has 28 heavy (non-hydrogen) atoms. The predicted octanol–water partition coefficient (Wildman–Crippen LogP) is 3.84. The van der Waals surface area contributed by atoms with Gasteiger partial charge in [0.05, 0.1) is 23.4 Å². The first-order valence-electron chi connectivity index (χ1n) is 9.27. The average Bonchev–Trinajstić information content (AvgIpc) is 2.99. The Bertz CT molecular complexity index is 1100. The van der Waals surface area contributed by atoms with Crippen LogP contribution in [-0.4, -0.2) is 29.2 Å². The molecule has 7 heteroatoms. The third kappa shape index (κ3) is 3.72. The summed E-state index contributed by atoms with van der Waals surface area (Å²) in [7, 11) is 1.61. The van der Waals surface area contributed by atoms with E-state index >= 15 is 0 Å². The lowest BCUT2D eigenvalue weighted by Crippen LogP contribution is -2.26. The van der Waals surface area contributed by atoms with E-state index in [1.54, 1.807) is 11.7 Å². The first-order valence-corrected chi connectivity index (χ1v) is 10.1. The van der Waals surface area contributed by atoms with Gasteiger partial charge in [0.15, 0.2) is 0 Å². The van der Waals surface area contributed by atoms with E-state index in [9.17, 15) is 9.59 Å². The van der Waals surface area contributed by atoms with Crippen LogP contribution in [0.3, 0.4) is 0 Å². The Morgan fingerprint density at radius 3 is 2.68 bits per heavy atom. The molecule has 0 saturated carbocycles. The molecule has 0 aliphatic carbocycles. The molecule has 3 rings (SSSR count). The van der Waals surface area contributed by atoms with E-state index in [0.29, 0.717) is 46.1 Å². The molecule has 148 valence electrons. The van der Waals surface area contributed by atoms with Crippen LogP contribution in [0.1, 0.15) is 39.1 Å². The highest BCUT2D eigenvalue weighted by Crippen LogP contribution is 2.29. The topological polar surface area (TPSA) is 73.2 Å². The van der Waals surface area contributed by atoms with Crippen molar-refractivity contribution in [1.29, 1.82) is 0 Å². The van der Waals surface area contributed by atoms with Crippen LogP contribution >= 0.6 is 11.3 Å². The molecule has 1 aromatic carbocycles. The summed E-state index contributed by atoms with van der Waals surface area (Å²) in [5, 5.41) is 3.48. The maximum absolute atomic E-state index is 13.1. The minimum Gasteiger partial charge on any atom is -0.383 e. The number of hydrogen-bond donors (Lipinski definition) is 1. The molecule has 0 aliphatic rings. The SMILES string of the molecule is CCc1nc2sc(C(=O)Nc3ccc(C)cc3C)c(C)c2c(=O)n1CCOC. The lowest BCUT2D eigenvalue weighted by atomic mass is 10.1. The fourth-order valence-electron chi connectivity index (χ4n) is 3.29. The Hall–Kier alpha value is -2.51. The number of aromatic nitrogens is 2. The van der Waals surface area contributed by atoms with E-state index < -0.39 is 0 Å². The minimum absolute atomic E-state index is 0.113. The van der Waals surface area contributed by atoms with Crippen molar-refractivity contribution in [2.24, 2.45) is 0 Å². The minimum atomic E-state index is -0.214. The summed E-state index contributed by atoms with van der Waals surface area (Å²) in [6.45, 7) is 8.63. The molecule has 0 fully saturated rings. The number of amides is 1. The van der Waals surface area contributed by atoms with Gasteiger partial charge in [0.2, 0.25) is 0 Å². The monoisotopic (exact) mass is 399 g/mol. The highest BCUT2D eigenvalue weighted by Gasteiger charge is 2.21. The fraction of sp³-hybridized carbons (Fsp3) is 0.381. The van der Waals surface area contributed by atoms with Gasteiger partial charge in [-0.2, -0.15) is 0 Å². The van der Waals surface area contributed by atoms with Crippen LogP contribution in [0.15, 0.2) is 23.0 Å². The Balaban J connectivity index is 2.05. The van der Waals surface area contributed by atoms with E-state index in [0.717, 1.165) is 16.8 Å². The smallest absolute Gasteiger partial charge is 0.266 e. The van der Waals surface area contributed by atoms with E-state index in [1.165, 1.54) is 11.3 Å². The molecule has 0 aliphatic heterocycles. The third-order valence-corrected chi connectivity index (χ3v) is 5.99. The van der Waals surface area contributed by atoms with Crippen molar-refractivity contribution in [2.45, 2.75) is 40.7 Å². The van der Waals surface area contributed by atoms with Gasteiger partial charge in [0, 0.05) is 19.2 Å². The molecule has 2 aromatic heterocycles. The van der Waals surface area contributed by atoms with Crippen molar-refractivity contribution in [3.8, 4) is 0 Å². The number of aryl methyl sites for hydroxylation is 4. The van der Waals surface area contributed by atoms with Crippen molar-refractivity contribution in [2.75, 3.05) is 19.0 Å². The van der Waals surface area contributed by atoms with Gasteiger partial charge < -0.3 is 10.1 Å². The van der Waals surface area contributed by atoms with Crippen LogP contribution in [0.4, 0.5) is 5.69 Å². The van der Waals surface area contributed by atoms with Crippen LogP contribution in [0.25, 0.3) is 10.2 Å². The number of fused-ring (bicyclic) bond motifs is 1. The molecule has 0 radical (unpaired) electrons. The van der Waals surface area contributed by atoms with Crippen LogP contribution in [0.5, 0.6) is 0 Å². The summed E-state index contributed by atoms with van der Waals surface area (Å²) >= 11 is 1.27. The number of carbonyl (C=O) groups excluding carboxylic acids is 1. The quantitative estimate of drug-likeness (QED) is 0.683. The van der Waals surface area contributed by atoms with Gasteiger partial charge in [0.25, 0.3) is 11.5 Å². The van der Waals surface area contributed by atoms with Gasteiger partial charge in [-0.1, -0.05) is 24.6 Å². The number of nitrogens with one attached hydrogen (secondary N) is 1. The molecular weight excluding hydrogens is 374 g/mol. The second-order valence-corrected chi connectivity index (χ2v) is 7.84. The van der Waals surface area contributed by atoms with Crippen LogP contribution in [0, 0.1) is 20.8 Å². The summed E-state index contributed by atoms with van der Waals surface area (Å²) < 4.78 is 6.77. The third-order valence-electron chi connectivity index (χ3n) is 4.80. The number of rotatable bonds is 6. The standard InChI is InChI=1S/C21H25N3O3S/c1-6-16-23-20-17(21(26)24(16)9-10-27-5)14(4)18(28-20)19(25)22-15-8-7-12(2)11-13(15)3/h7-8,11H,6,9-10H2,1-5H3,(H,22,25). The predicted molar refractivity (Wildman–Crippen MR) is 114 cm³/mol. The molecule has 1 N–H and O–H groups in total. The maximum atomic E-state index is 13.1. The molecule has 6 nitrogen and oxygen atoms in total. The van der Waals surface area contributed by atoms with E-state index in [2.05, 4.69) is 10.3 Å². The maximum Gasteiger partial charge on any atom is 0.266 e. The van der Waals surface area contributed by atoms with Crippen LogP contribution in [0.2, 0.25) is 0 Å². The Labute approximate surface area is 168 Å². The average molecular weight is 400 g/mol. The molecular formula is C21H25N3O3S. The number of carbonyl (C=O) groups is 1. The number of thiophene rings is 1. The molecule has 3 aromatic rings. The van der Waals surface area contributed by atoms with E-state index in [-0.39, 0.29) is 11.5 Å². The summed E-state index contributed by atoms with van der Waals surface area (Å²) in [4.78, 5) is 31.8. The number of anilines is 1. The zero-order valence-electron chi connectivity index (χ0n) is 16.9. The number of nitrogens with zero attached hydrogens (tertiary/aromatic N) is 2. The van der Waals surface area contributed by atoms with Crippen molar-refractivity contribution in [3.63, 3.8) is 0 Å². The second kappa shape index (κ2) is 8.24. The summed E-state index contributed by atoms with van der Waals surface area (Å²) in [6, 6.07) is 5.89. The lowest BCUT2D eigenvalue weighted by Gasteiger charge is -2.10. The van der Waals surface area contributed by atoms with Gasteiger partial charge in [0.1, 0.15) is 10.7 Å². The van der Waals surface area contributed by atoms with Crippen molar-refractivity contribution in [3.05, 3.63) is 55.9 Å². The van der Waals surface area contributed by atoms with Crippen molar-refractivity contribution in [1.82, 2.24) is 9.55 Å². The Kier molecular flexibility index (Phi) is 5.96. The number of ether oxygens (including phenoxy) is 1. The normalized spacial score (nSPS) is 11.2. The van der Waals surface area contributed by atoms with Gasteiger partial charge in [-0.15, -0.1) is 11.3 Å². The first kappa shape index (κ1) is 20.2. The zero-order chi connectivity index (χ0) is 20.4. The number of hydrogen-bond acceptors (Lipinski definition) is 5. The lowest BCUT2D eigenvalue weighted by molar-refractivity contribution is 0.103. The molecule has 0 bridgehead atoms. The van der Waals surface area contributed by atoms with Crippen molar-refractivity contribution >= 4 is 33.1 Å². The molecule has 0 unspecified atom stereocenters. The van der Waals surface area contributed by atoms with Crippen LogP contribution in [-0.2, 0) is 17.7 Å². The summed E-state index contributed by atoms with van der Waals surface area (Å²) in [5.74, 6) is 0.491. The number of benzene rings is 1. The highest BCUT2D eigenvalue weighted by atomic mass is 32.1. The zero-order valence-corrected chi connectivity index (χ0v) is 17.7. The fourth-order valence-corrected chi connectivity index (χ4v) is 4.38. The molecule has 2 heterocycles. The highest BCUT2D eigenvalue weighted by molar-refractivity contribution is 7.20. The largest absolute Gasteiger partial charge is 0.383 e. The van der Waals surface area contributed by atoms with Gasteiger partial charge in [-0.3, -0.25) is 14.2 Å². The van der Waals surface area contributed by atoms with Gasteiger partial charge >= 0.3 is 0 Å². The number of methoxy groups -OCH3 is 1. The van der Waals surface area contributed by atoms with Crippen LogP contribution < -0.4 is 10.9 Å².